The molecule has 2 unspecified atom stereocenters. The molecule has 8 nitrogen and oxygen atoms in total. The van der Waals surface area contributed by atoms with Crippen LogP contribution in [0.1, 0.15) is 226 Å². The Labute approximate surface area is 370 Å². The van der Waals surface area contributed by atoms with Crippen LogP contribution in [0.3, 0.4) is 0 Å². The van der Waals surface area contributed by atoms with Crippen LogP contribution in [0.2, 0.25) is 0 Å². The van der Waals surface area contributed by atoms with Crippen LogP contribution in [0.25, 0.3) is 0 Å². The van der Waals surface area contributed by atoms with Crippen molar-refractivity contribution in [3.8, 4) is 0 Å². The number of unbranched alkanes of at least 4 members (excludes halogenated alkanes) is 26. The fourth-order valence-corrected chi connectivity index (χ4v) is 7.37. The number of likely N-dealkylation sites (N-methyl/N-ethyl adjacent to an activating group) is 1. The van der Waals surface area contributed by atoms with E-state index in [-0.39, 0.29) is 36.2 Å². The zero-order valence-electron chi connectivity index (χ0n) is 39.9. The number of aliphatic carboxylic acids is 1. The number of carbonyl (C=O) groups excluding carboxylic acids is 2. The summed E-state index contributed by atoms with van der Waals surface area (Å²) in [6.07, 6.45) is 50.4. The van der Waals surface area contributed by atoms with Crippen molar-refractivity contribution in [1.82, 2.24) is 0 Å². The molecule has 0 rings (SSSR count). The van der Waals surface area contributed by atoms with E-state index < -0.39 is 18.1 Å². The summed E-state index contributed by atoms with van der Waals surface area (Å²) in [4.78, 5) is 37.1. The van der Waals surface area contributed by atoms with Gasteiger partial charge in [-0.25, -0.2) is 4.79 Å². The Morgan fingerprint density at radius 1 is 0.500 bits per heavy atom. The Kier molecular flexibility index (Phi) is 41.4. The number of ether oxygens (including phenoxy) is 3. The molecule has 8 heteroatoms. The predicted molar refractivity (Wildman–Crippen MR) is 252 cm³/mol. The summed E-state index contributed by atoms with van der Waals surface area (Å²) in [6, 6.07) is -0.616. The van der Waals surface area contributed by atoms with E-state index in [1.807, 2.05) is 21.1 Å². The topological polar surface area (TPSA) is 99.1 Å². The van der Waals surface area contributed by atoms with E-state index in [0.29, 0.717) is 19.3 Å². The van der Waals surface area contributed by atoms with Crippen molar-refractivity contribution >= 4 is 17.9 Å². The molecule has 0 aliphatic carbocycles. The molecule has 0 fully saturated rings. The van der Waals surface area contributed by atoms with Gasteiger partial charge in [0.1, 0.15) is 6.61 Å². The van der Waals surface area contributed by atoms with Gasteiger partial charge >= 0.3 is 17.9 Å². The SMILES string of the molecule is CCCCCC/C=C/C=C/CCCCCCCCCCCCC(=O)OC(COCCC(C(=O)O)[N+](C)(C)C)COC(=O)CCCCCCC/C=C/CCCCCCCCC. The minimum Gasteiger partial charge on any atom is -0.477 e. The zero-order chi connectivity index (χ0) is 44.2. The van der Waals surface area contributed by atoms with Crippen molar-refractivity contribution in [1.29, 1.82) is 0 Å². The molecule has 0 saturated heterocycles. The highest BCUT2D eigenvalue weighted by Gasteiger charge is 2.31. The highest BCUT2D eigenvalue weighted by Crippen LogP contribution is 2.15. The molecule has 0 aromatic carbocycles. The highest BCUT2D eigenvalue weighted by molar-refractivity contribution is 5.72. The minimum atomic E-state index is -0.875. The van der Waals surface area contributed by atoms with Crippen LogP contribution in [0.4, 0.5) is 0 Å². The van der Waals surface area contributed by atoms with Crippen LogP contribution in [0, 0.1) is 0 Å². The van der Waals surface area contributed by atoms with E-state index in [4.69, 9.17) is 14.2 Å². The molecule has 0 spiro atoms. The van der Waals surface area contributed by atoms with E-state index in [1.165, 1.54) is 148 Å². The number of nitrogens with zero attached hydrogens (tertiary/aromatic N) is 1. The van der Waals surface area contributed by atoms with Gasteiger partial charge in [0.15, 0.2) is 12.1 Å². The molecule has 0 aromatic rings. The Morgan fingerprint density at radius 2 is 0.883 bits per heavy atom. The van der Waals surface area contributed by atoms with Crippen LogP contribution < -0.4 is 0 Å². The largest absolute Gasteiger partial charge is 0.477 e. The maximum Gasteiger partial charge on any atom is 0.362 e. The first-order chi connectivity index (χ1) is 29.1. The molecule has 0 saturated carbocycles. The predicted octanol–water partition coefficient (Wildman–Crippen LogP) is 14.2. The molecule has 0 heterocycles. The molecule has 60 heavy (non-hydrogen) atoms. The Hall–Kier alpha value is -2.45. The molecule has 0 radical (unpaired) electrons. The minimum absolute atomic E-state index is 0.0548. The first kappa shape index (κ1) is 57.5. The van der Waals surface area contributed by atoms with Crippen molar-refractivity contribution in [2.24, 2.45) is 0 Å². The number of esters is 2. The van der Waals surface area contributed by atoms with Crippen molar-refractivity contribution in [3.05, 3.63) is 36.5 Å². The van der Waals surface area contributed by atoms with Gasteiger partial charge in [-0.05, 0) is 64.2 Å². The zero-order valence-corrected chi connectivity index (χ0v) is 39.9. The molecular weight excluding hydrogens is 751 g/mol. The maximum atomic E-state index is 12.8. The average molecular weight is 847 g/mol. The lowest BCUT2D eigenvalue weighted by atomic mass is 10.1. The second-order valence-electron chi connectivity index (χ2n) is 18.1. The lowest BCUT2D eigenvalue weighted by Crippen LogP contribution is -2.50. The van der Waals surface area contributed by atoms with Crippen LogP contribution in [-0.4, -0.2) is 80.6 Å². The van der Waals surface area contributed by atoms with Gasteiger partial charge in [0.2, 0.25) is 0 Å². The number of carbonyl (C=O) groups is 3. The fraction of sp³-hybridized carbons (Fsp3) is 0.827. The molecule has 0 aromatic heterocycles. The summed E-state index contributed by atoms with van der Waals surface area (Å²) in [5, 5.41) is 9.64. The standard InChI is InChI=1S/C52H95NO7/c1-6-8-10-12-14-16-18-20-22-24-25-26-27-29-31-33-35-37-39-41-43-51(55)60-48(46-58-45-44-49(52(56)57)53(3,4)5)47-59-50(54)42-40-38-36-34-32-30-28-23-21-19-17-15-13-11-9-7-2/h16,18,20,22-23,28,48-49H,6-15,17,19,21,24-27,29-47H2,1-5H3/p+1/b18-16+,22-20+,28-23+. The molecule has 1 N–H and O–H groups in total. The van der Waals surface area contributed by atoms with Crippen LogP contribution >= 0.6 is 0 Å². The van der Waals surface area contributed by atoms with Gasteiger partial charge in [-0.15, -0.1) is 0 Å². The number of carboxylic acids is 1. The van der Waals surface area contributed by atoms with Crippen molar-refractivity contribution in [3.63, 3.8) is 0 Å². The number of allylic oxidation sites excluding steroid dienone is 6. The fourth-order valence-electron chi connectivity index (χ4n) is 7.37. The number of rotatable bonds is 45. The van der Waals surface area contributed by atoms with Gasteiger partial charge in [0.05, 0.1) is 34.4 Å². The van der Waals surface area contributed by atoms with E-state index in [1.54, 1.807) is 0 Å². The summed E-state index contributed by atoms with van der Waals surface area (Å²) in [5.74, 6) is -1.47. The molecule has 0 amide bonds. The maximum absolute atomic E-state index is 12.8. The lowest BCUT2D eigenvalue weighted by molar-refractivity contribution is -0.887. The smallest absolute Gasteiger partial charge is 0.362 e. The quantitative estimate of drug-likeness (QED) is 0.0214. The van der Waals surface area contributed by atoms with Crippen LogP contribution in [0.15, 0.2) is 36.5 Å². The first-order valence-electron chi connectivity index (χ1n) is 25.0. The normalized spacial score (nSPS) is 13.2. The third kappa shape index (κ3) is 40.9. The molecule has 2 atom stereocenters. The Morgan fingerprint density at radius 3 is 1.32 bits per heavy atom. The van der Waals surface area contributed by atoms with Gasteiger partial charge in [0.25, 0.3) is 0 Å². The Balaban J connectivity index is 4.27. The second-order valence-corrected chi connectivity index (χ2v) is 18.1. The van der Waals surface area contributed by atoms with Gasteiger partial charge < -0.3 is 23.8 Å². The van der Waals surface area contributed by atoms with Crippen molar-refractivity contribution in [2.75, 3.05) is 41.0 Å². The van der Waals surface area contributed by atoms with Gasteiger partial charge in [-0.2, -0.15) is 0 Å². The van der Waals surface area contributed by atoms with E-state index >= 15 is 0 Å². The van der Waals surface area contributed by atoms with Gasteiger partial charge in [0, 0.05) is 19.3 Å². The van der Waals surface area contributed by atoms with E-state index in [9.17, 15) is 19.5 Å². The summed E-state index contributed by atoms with van der Waals surface area (Å²) in [7, 11) is 5.53. The molecule has 0 aliphatic rings. The average Bonchev–Trinajstić information content (AvgIpc) is 3.21. The van der Waals surface area contributed by atoms with E-state index in [2.05, 4.69) is 50.3 Å². The third-order valence-corrected chi connectivity index (χ3v) is 11.3. The monoisotopic (exact) mass is 847 g/mol. The molecular formula is C52H96NO7+. The Bertz CT molecular complexity index is 1080. The second kappa shape index (κ2) is 43.2. The van der Waals surface area contributed by atoms with Gasteiger partial charge in [-0.3, -0.25) is 9.59 Å². The summed E-state index contributed by atoms with van der Waals surface area (Å²) >= 11 is 0. The van der Waals surface area contributed by atoms with Crippen molar-refractivity contribution in [2.45, 2.75) is 238 Å². The summed E-state index contributed by atoms with van der Waals surface area (Å²) < 4.78 is 17.3. The number of quaternary nitrogens is 1. The summed E-state index contributed by atoms with van der Waals surface area (Å²) in [6.45, 7) is 4.73. The number of carboxylic acid groups (broad SMARTS) is 1. The number of hydrogen-bond donors (Lipinski definition) is 1. The summed E-state index contributed by atoms with van der Waals surface area (Å²) in [5.41, 5.74) is 0. The third-order valence-electron chi connectivity index (χ3n) is 11.3. The van der Waals surface area contributed by atoms with Crippen molar-refractivity contribution < 1.29 is 38.2 Å². The van der Waals surface area contributed by atoms with E-state index in [0.717, 1.165) is 44.9 Å². The van der Waals surface area contributed by atoms with Gasteiger partial charge in [-0.1, -0.05) is 179 Å². The number of hydrogen-bond acceptors (Lipinski definition) is 6. The highest BCUT2D eigenvalue weighted by atomic mass is 16.6. The molecule has 0 aliphatic heterocycles. The first-order valence-corrected chi connectivity index (χ1v) is 25.0. The lowest BCUT2D eigenvalue weighted by Gasteiger charge is -2.31. The molecule has 350 valence electrons. The molecule has 0 bridgehead atoms. The van der Waals surface area contributed by atoms with Crippen LogP contribution in [0.5, 0.6) is 0 Å². The van der Waals surface area contributed by atoms with Crippen LogP contribution in [-0.2, 0) is 28.6 Å².